The summed E-state index contributed by atoms with van der Waals surface area (Å²) in [7, 11) is 1.43. The lowest BCUT2D eigenvalue weighted by Gasteiger charge is -2.25. The number of aliphatic hydroxyl groups is 1. The third kappa shape index (κ3) is 3.40. The molecule has 3 aromatic rings. The van der Waals surface area contributed by atoms with E-state index in [1.54, 1.807) is 18.2 Å². The van der Waals surface area contributed by atoms with Gasteiger partial charge in [0.25, 0.3) is 5.91 Å². The van der Waals surface area contributed by atoms with Crippen LogP contribution in [0.1, 0.15) is 45.3 Å². The number of halogens is 1. The number of rotatable bonds is 5. The minimum Gasteiger partial charge on any atom is -0.503 e. The summed E-state index contributed by atoms with van der Waals surface area (Å²) < 4.78 is 11.6. The first-order valence-corrected chi connectivity index (χ1v) is 10.6. The first-order valence-electron chi connectivity index (χ1n) is 9.84. The number of aromatic hydroxyl groups is 1. The topological polar surface area (TPSA) is 100 Å². The molecular formula is C23H22BrNO6. The number of nitrogens with zero attached hydrogens (tertiary/aromatic N) is 1. The first-order chi connectivity index (χ1) is 14.8. The van der Waals surface area contributed by atoms with Gasteiger partial charge in [-0.1, -0.05) is 6.07 Å². The van der Waals surface area contributed by atoms with Crippen molar-refractivity contribution in [2.75, 3.05) is 20.3 Å². The minimum absolute atomic E-state index is 0.00797. The van der Waals surface area contributed by atoms with E-state index in [9.17, 15) is 19.8 Å². The van der Waals surface area contributed by atoms with Gasteiger partial charge in [0.1, 0.15) is 5.58 Å². The molecule has 0 aliphatic carbocycles. The largest absolute Gasteiger partial charge is 0.503 e. The zero-order valence-corrected chi connectivity index (χ0v) is 18.9. The predicted octanol–water partition coefficient (Wildman–Crippen LogP) is 3.81. The van der Waals surface area contributed by atoms with Crippen LogP contribution in [0, 0.1) is 13.8 Å². The van der Waals surface area contributed by atoms with E-state index < -0.39 is 11.9 Å². The third-order valence-electron chi connectivity index (χ3n) is 5.56. The second kappa shape index (κ2) is 8.01. The Hall–Kier alpha value is -2.84. The van der Waals surface area contributed by atoms with Crippen molar-refractivity contribution in [1.82, 2.24) is 4.90 Å². The van der Waals surface area contributed by atoms with Crippen LogP contribution >= 0.6 is 15.9 Å². The van der Waals surface area contributed by atoms with Gasteiger partial charge in [-0.15, -0.1) is 0 Å². The monoisotopic (exact) mass is 487 g/mol. The summed E-state index contributed by atoms with van der Waals surface area (Å²) in [5.41, 5.74) is 2.66. The fraction of sp³-hybridized carbons (Fsp3) is 0.304. The summed E-state index contributed by atoms with van der Waals surface area (Å²) in [5.74, 6) is -0.262. The highest BCUT2D eigenvalue weighted by Crippen LogP contribution is 2.43. The van der Waals surface area contributed by atoms with Gasteiger partial charge in [-0.05, 0) is 71.1 Å². The summed E-state index contributed by atoms with van der Waals surface area (Å²) in [4.78, 5) is 28.4. The average Bonchev–Trinajstić information content (AvgIpc) is 3.00. The molecular weight excluding hydrogens is 466 g/mol. The fourth-order valence-electron chi connectivity index (χ4n) is 4.24. The van der Waals surface area contributed by atoms with Gasteiger partial charge in [0, 0.05) is 13.2 Å². The van der Waals surface area contributed by atoms with Crippen LogP contribution in [0.25, 0.3) is 11.0 Å². The molecule has 7 nitrogen and oxygen atoms in total. The second-order valence-corrected chi connectivity index (χ2v) is 8.52. The SMILES string of the molecule is COc1cc(C2c3c(oc4cc(C)cc(C)c4c3=O)C(=O)N2CCCO)cc(Br)c1O. The number of methoxy groups -OCH3 is 1. The fourth-order valence-corrected chi connectivity index (χ4v) is 4.70. The third-order valence-corrected chi connectivity index (χ3v) is 6.16. The molecule has 2 N–H and O–H groups in total. The van der Waals surface area contributed by atoms with Crippen molar-refractivity contribution in [1.29, 1.82) is 0 Å². The predicted molar refractivity (Wildman–Crippen MR) is 119 cm³/mol. The van der Waals surface area contributed by atoms with Gasteiger partial charge in [0.05, 0.1) is 28.6 Å². The zero-order valence-electron chi connectivity index (χ0n) is 17.4. The van der Waals surface area contributed by atoms with Crippen LogP contribution in [-0.4, -0.2) is 41.3 Å². The number of hydrogen-bond donors (Lipinski definition) is 2. The molecule has 31 heavy (non-hydrogen) atoms. The van der Waals surface area contributed by atoms with Crippen LogP contribution in [0.5, 0.6) is 11.5 Å². The number of phenolic OH excluding ortho intramolecular Hbond substituents is 1. The van der Waals surface area contributed by atoms with Crippen LogP contribution in [0.4, 0.5) is 0 Å². The molecule has 0 radical (unpaired) electrons. The van der Waals surface area contributed by atoms with Gasteiger partial charge in [0.15, 0.2) is 16.9 Å². The zero-order chi connectivity index (χ0) is 22.4. The lowest BCUT2D eigenvalue weighted by Crippen LogP contribution is -2.31. The Morgan fingerprint density at radius 3 is 2.61 bits per heavy atom. The smallest absolute Gasteiger partial charge is 0.290 e. The van der Waals surface area contributed by atoms with Crippen LogP contribution in [-0.2, 0) is 0 Å². The summed E-state index contributed by atoms with van der Waals surface area (Å²) in [5, 5.41) is 20.0. The number of carbonyl (C=O) groups is 1. The molecule has 8 heteroatoms. The number of phenols is 1. The van der Waals surface area contributed by atoms with Crippen molar-refractivity contribution in [2.45, 2.75) is 26.3 Å². The van der Waals surface area contributed by atoms with E-state index in [4.69, 9.17) is 9.15 Å². The van der Waals surface area contributed by atoms with Crippen LogP contribution in [0.2, 0.25) is 0 Å². The Morgan fingerprint density at radius 1 is 1.19 bits per heavy atom. The van der Waals surface area contributed by atoms with E-state index in [1.165, 1.54) is 12.0 Å². The molecule has 1 aromatic heterocycles. The van der Waals surface area contributed by atoms with Crippen molar-refractivity contribution in [3.63, 3.8) is 0 Å². The van der Waals surface area contributed by atoms with Gasteiger partial charge in [0.2, 0.25) is 5.76 Å². The standard InChI is InChI=1S/C23H22BrNO6/c1-11-7-12(2)17-15(8-11)31-22-18(21(17)28)19(25(23(22)29)5-4-6-26)13-9-14(24)20(27)16(10-13)30-3/h7-10,19,26-27H,4-6H2,1-3H3. The molecule has 0 spiro atoms. The molecule has 2 aromatic carbocycles. The average molecular weight is 488 g/mol. The minimum atomic E-state index is -0.735. The van der Waals surface area contributed by atoms with E-state index >= 15 is 0 Å². The summed E-state index contributed by atoms with van der Waals surface area (Å²) in [6, 6.07) is 6.18. The summed E-state index contributed by atoms with van der Waals surface area (Å²) in [6.07, 6.45) is 0.346. The van der Waals surface area contributed by atoms with Gasteiger partial charge >= 0.3 is 0 Å². The van der Waals surface area contributed by atoms with Gasteiger partial charge < -0.3 is 24.3 Å². The number of aryl methyl sites for hydroxylation is 2. The molecule has 1 atom stereocenters. The Morgan fingerprint density at radius 2 is 1.94 bits per heavy atom. The van der Waals surface area contributed by atoms with E-state index in [2.05, 4.69) is 15.9 Å². The number of ether oxygens (including phenoxy) is 1. The van der Waals surface area contributed by atoms with Crippen molar-refractivity contribution in [3.05, 3.63) is 67.0 Å². The Bertz CT molecular complexity index is 1270. The van der Waals surface area contributed by atoms with Gasteiger partial charge in [-0.3, -0.25) is 9.59 Å². The lowest BCUT2D eigenvalue weighted by atomic mass is 9.96. The normalized spacial score (nSPS) is 15.6. The molecule has 1 aliphatic heterocycles. The van der Waals surface area contributed by atoms with Crippen LogP contribution in [0.15, 0.2) is 37.9 Å². The molecule has 2 heterocycles. The van der Waals surface area contributed by atoms with E-state index in [0.717, 1.165) is 11.1 Å². The molecule has 1 unspecified atom stereocenters. The quantitative estimate of drug-likeness (QED) is 0.567. The molecule has 1 aliphatic rings. The highest BCUT2D eigenvalue weighted by atomic mass is 79.9. The van der Waals surface area contributed by atoms with E-state index in [-0.39, 0.29) is 41.4 Å². The highest BCUT2D eigenvalue weighted by Gasteiger charge is 2.43. The molecule has 4 rings (SSSR count). The van der Waals surface area contributed by atoms with Crippen LogP contribution in [0.3, 0.4) is 0 Å². The van der Waals surface area contributed by atoms with E-state index in [0.29, 0.717) is 27.4 Å². The van der Waals surface area contributed by atoms with E-state index in [1.807, 2.05) is 19.9 Å². The lowest BCUT2D eigenvalue weighted by molar-refractivity contribution is 0.0716. The summed E-state index contributed by atoms with van der Waals surface area (Å²) in [6.45, 7) is 3.88. The van der Waals surface area contributed by atoms with Crippen molar-refractivity contribution < 1.29 is 24.2 Å². The number of carbonyl (C=O) groups excluding carboxylic acids is 1. The second-order valence-electron chi connectivity index (χ2n) is 7.66. The van der Waals surface area contributed by atoms with Crippen LogP contribution < -0.4 is 10.2 Å². The molecule has 0 saturated carbocycles. The number of benzene rings is 2. The molecule has 0 fully saturated rings. The molecule has 162 valence electrons. The number of hydrogen-bond acceptors (Lipinski definition) is 6. The molecule has 0 saturated heterocycles. The Labute approximate surface area is 187 Å². The maximum Gasteiger partial charge on any atom is 0.290 e. The van der Waals surface area contributed by atoms with Gasteiger partial charge in [-0.2, -0.15) is 0 Å². The molecule has 1 amide bonds. The Kier molecular flexibility index (Phi) is 5.53. The number of aliphatic hydroxyl groups excluding tert-OH is 1. The van der Waals surface area contributed by atoms with Crippen molar-refractivity contribution in [3.8, 4) is 11.5 Å². The van der Waals surface area contributed by atoms with Crippen molar-refractivity contribution >= 4 is 32.8 Å². The first kappa shape index (κ1) is 21.4. The number of fused-ring (bicyclic) bond motifs is 2. The Balaban J connectivity index is 2.03. The maximum absolute atomic E-state index is 13.6. The highest BCUT2D eigenvalue weighted by molar-refractivity contribution is 9.10. The van der Waals surface area contributed by atoms with Gasteiger partial charge in [-0.25, -0.2) is 0 Å². The van der Waals surface area contributed by atoms with Crippen molar-refractivity contribution in [2.24, 2.45) is 0 Å². The number of amides is 1. The maximum atomic E-state index is 13.6. The summed E-state index contributed by atoms with van der Waals surface area (Å²) >= 11 is 3.32. The molecule has 0 bridgehead atoms.